The molecule has 1 unspecified atom stereocenters. The predicted octanol–water partition coefficient (Wildman–Crippen LogP) is 1.08. The summed E-state index contributed by atoms with van der Waals surface area (Å²) in [4.78, 5) is 14.3. The summed E-state index contributed by atoms with van der Waals surface area (Å²) in [6.45, 7) is 1.78. The van der Waals surface area contributed by atoms with E-state index in [0.29, 0.717) is 24.7 Å². The van der Waals surface area contributed by atoms with Gasteiger partial charge in [0.1, 0.15) is 6.54 Å². The third-order valence-corrected chi connectivity index (χ3v) is 4.65. The minimum Gasteiger partial charge on any atom is -0.396 e. The summed E-state index contributed by atoms with van der Waals surface area (Å²) in [6, 6.07) is 0. The molecule has 22 heavy (non-hydrogen) atoms. The van der Waals surface area contributed by atoms with Crippen molar-refractivity contribution in [1.29, 1.82) is 0 Å². The fraction of sp³-hybridized carbons (Fsp3) is 0.533. The summed E-state index contributed by atoms with van der Waals surface area (Å²) in [5.41, 5.74) is 8.78. The maximum absolute atomic E-state index is 12.4. The first-order chi connectivity index (χ1) is 10.7. The highest BCUT2D eigenvalue weighted by molar-refractivity contribution is 5.76. The number of hydrogen-bond donors (Lipinski definition) is 2. The molecule has 4 rings (SSSR count). The van der Waals surface area contributed by atoms with Gasteiger partial charge in [0, 0.05) is 25.2 Å². The van der Waals surface area contributed by atoms with Crippen LogP contribution in [-0.2, 0) is 11.3 Å². The number of carbonyl (C=O) groups excluding carboxylic acids is 1. The normalized spacial score (nSPS) is 21.5. The van der Waals surface area contributed by atoms with E-state index < -0.39 is 0 Å². The lowest BCUT2D eigenvalue weighted by atomic mass is 10.0. The first-order valence-corrected chi connectivity index (χ1v) is 7.79. The second kappa shape index (κ2) is 5.15. The maximum Gasteiger partial charge on any atom is 0.244 e. The van der Waals surface area contributed by atoms with Gasteiger partial charge < -0.3 is 10.6 Å². The molecule has 2 aliphatic rings. The van der Waals surface area contributed by atoms with Crippen LogP contribution in [0.15, 0.2) is 18.6 Å². The number of hydrogen-bond acceptors (Lipinski definition) is 4. The molecule has 1 saturated heterocycles. The van der Waals surface area contributed by atoms with E-state index in [-0.39, 0.29) is 11.8 Å². The molecule has 2 aromatic rings. The molecule has 1 aliphatic heterocycles. The van der Waals surface area contributed by atoms with Gasteiger partial charge in [-0.25, -0.2) is 0 Å². The zero-order valence-electron chi connectivity index (χ0n) is 12.4. The van der Waals surface area contributed by atoms with Crippen LogP contribution in [0.3, 0.4) is 0 Å². The summed E-state index contributed by atoms with van der Waals surface area (Å²) < 4.78 is 1.76. The molecule has 0 aromatic carbocycles. The van der Waals surface area contributed by atoms with E-state index >= 15 is 0 Å². The van der Waals surface area contributed by atoms with E-state index in [2.05, 4.69) is 15.3 Å². The van der Waals surface area contributed by atoms with E-state index in [4.69, 9.17) is 5.73 Å². The van der Waals surface area contributed by atoms with Gasteiger partial charge >= 0.3 is 0 Å². The summed E-state index contributed by atoms with van der Waals surface area (Å²) in [5.74, 6) is 1.04. The fourth-order valence-electron chi connectivity index (χ4n) is 3.19. The Kier molecular flexibility index (Phi) is 3.13. The van der Waals surface area contributed by atoms with Crippen molar-refractivity contribution in [1.82, 2.24) is 24.9 Å². The van der Waals surface area contributed by atoms with Crippen LogP contribution in [0.25, 0.3) is 0 Å². The van der Waals surface area contributed by atoms with Gasteiger partial charge in [-0.3, -0.25) is 14.6 Å². The van der Waals surface area contributed by atoms with Crippen LogP contribution in [0.2, 0.25) is 0 Å². The Morgan fingerprint density at radius 1 is 1.32 bits per heavy atom. The van der Waals surface area contributed by atoms with E-state index in [0.717, 1.165) is 18.7 Å². The van der Waals surface area contributed by atoms with Crippen molar-refractivity contribution in [3.8, 4) is 0 Å². The van der Waals surface area contributed by atoms with Crippen molar-refractivity contribution in [2.24, 2.45) is 0 Å². The molecule has 7 nitrogen and oxygen atoms in total. The minimum atomic E-state index is 0.117. The summed E-state index contributed by atoms with van der Waals surface area (Å²) in [6.07, 6.45) is 8.95. The number of nitrogen functional groups attached to an aromatic ring is 1. The molecule has 7 heteroatoms. The van der Waals surface area contributed by atoms with Crippen LogP contribution in [0, 0.1) is 0 Å². The highest BCUT2D eigenvalue weighted by Crippen LogP contribution is 2.39. The Balaban J connectivity index is 1.37. The summed E-state index contributed by atoms with van der Waals surface area (Å²) >= 11 is 0. The number of nitrogens with two attached hydrogens (primary N) is 1. The molecular weight excluding hydrogens is 280 g/mol. The highest BCUT2D eigenvalue weighted by atomic mass is 16.2. The number of anilines is 1. The van der Waals surface area contributed by atoms with Crippen LogP contribution < -0.4 is 5.73 Å². The molecule has 0 bridgehead atoms. The molecule has 116 valence electrons. The van der Waals surface area contributed by atoms with Crippen molar-refractivity contribution in [3.05, 3.63) is 29.8 Å². The van der Waals surface area contributed by atoms with Gasteiger partial charge in [-0.2, -0.15) is 10.2 Å². The minimum absolute atomic E-state index is 0.117. The fourth-order valence-corrected chi connectivity index (χ4v) is 3.19. The highest BCUT2D eigenvalue weighted by Gasteiger charge is 2.30. The van der Waals surface area contributed by atoms with Crippen LogP contribution >= 0.6 is 0 Å². The van der Waals surface area contributed by atoms with Gasteiger partial charge in [0.25, 0.3) is 0 Å². The number of H-pyrrole nitrogens is 1. The van der Waals surface area contributed by atoms with Gasteiger partial charge in [0.15, 0.2) is 0 Å². The van der Waals surface area contributed by atoms with Gasteiger partial charge in [0.2, 0.25) is 5.91 Å². The first-order valence-electron chi connectivity index (χ1n) is 7.79. The Labute approximate surface area is 128 Å². The molecule has 1 aliphatic carbocycles. The zero-order valence-corrected chi connectivity index (χ0v) is 12.4. The van der Waals surface area contributed by atoms with Gasteiger partial charge in [-0.1, -0.05) is 0 Å². The molecule has 1 amide bonds. The standard InChI is InChI=1S/C15H20N6O/c16-13-6-17-19-15(13)11-3-4-20(7-11)14(22)9-21-8-12(5-18-21)10-1-2-10/h5-6,8,10-11H,1-4,7,9,16H2,(H,17,19). The molecule has 1 atom stereocenters. The van der Waals surface area contributed by atoms with Crippen LogP contribution in [0.5, 0.6) is 0 Å². The van der Waals surface area contributed by atoms with E-state index in [1.54, 1.807) is 10.9 Å². The predicted molar refractivity (Wildman–Crippen MR) is 81.1 cm³/mol. The van der Waals surface area contributed by atoms with Crippen molar-refractivity contribution < 1.29 is 4.79 Å². The monoisotopic (exact) mass is 300 g/mol. The number of carbonyl (C=O) groups is 1. The molecule has 3 N–H and O–H groups in total. The Hall–Kier alpha value is -2.31. The topological polar surface area (TPSA) is 92.8 Å². The molecule has 2 fully saturated rings. The van der Waals surface area contributed by atoms with Crippen LogP contribution in [0.1, 0.15) is 42.4 Å². The first kappa shape index (κ1) is 13.4. The lowest BCUT2D eigenvalue weighted by molar-refractivity contribution is -0.131. The van der Waals surface area contributed by atoms with Crippen molar-refractivity contribution in [3.63, 3.8) is 0 Å². The average Bonchev–Trinajstić information content (AvgIpc) is 2.91. The van der Waals surface area contributed by atoms with Gasteiger partial charge in [-0.15, -0.1) is 0 Å². The lowest BCUT2D eigenvalue weighted by Crippen LogP contribution is -2.32. The van der Waals surface area contributed by atoms with Crippen molar-refractivity contribution in [2.75, 3.05) is 18.8 Å². The number of nitrogens with one attached hydrogen (secondary N) is 1. The number of amides is 1. The number of rotatable bonds is 4. The number of nitrogens with zero attached hydrogens (tertiary/aromatic N) is 4. The third-order valence-electron chi connectivity index (χ3n) is 4.65. The average molecular weight is 300 g/mol. The molecule has 2 aromatic heterocycles. The quantitative estimate of drug-likeness (QED) is 0.883. The summed E-state index contributed by atoms with van der Waals surface area (Å²) in [5, 5.41) is 11.2. The number of aromatic amines is 1. The Morgan fingerprint density at radius 3 is 2.91 bits per heavy atom. The van der Waals surface area contributed by atoms with Crippen LogP contribution in [-0.4, -0.2) is 43.9 Å². The Bertz CT molecular complexity index is 686. The zero-order chi connectivity index (χ0) is 15.1. The SMILES string of the molecule is Nc1cn[nH]c1C1CCN(C(=O)Cn2cc(C3CC3)cn2)C1. The van der Waals surface area contributed by atoms with Crippen molar-refractivity contribution in [2.45, 2.75) is 37.6 Å². The van der Waals surface area contributed by atoms with E-state index in [9.17, 15) is 4.79 Å². The molecule has 0 radical (unpaired) electrons. The second-order valence-electron chi connectivity index (χ2n) is 6.31. The lowest BCUT2D eigenvalue weighted by Gasteiger charge is -2.16. The molecule has 1 saturated carbocycles. The second-order valence-corrected chi connectivity index (χ2v) is 6.31. The largest absolute Gasteiger partial charge is 0.396 e. The molecule has 3 heterocycles. The number of aromatic nitrogens is 4. The molecular formula is C15H20N6O. The smallest absolute Gasteiger partial charge is 0.244 e. The Morgan fingerprint density at radius 2 is 2.18 bits per heavy atom. The maximum atomic E-state index is 12.4. The van der Waals surface area contributed by atoms with Gasteiger partial charge in [0.05, 0.1) is 23.8 Å². The summed E-state index contributed by atoms with van der Waals surface area (Å²) in [7, 11) is 0. The van der Waals surface area contributed by atoms with Crippen molar-refractivity contribution >= 4 is 11.6 Å². The van der Waals surface area contributed by atoms with Gasteiger partial charge in [-0.05, 0) is 30.7 Å². The van der Waals surface area contributed by atoms with Crippen LogP contribution in [0.4, 0.5) is 5.69 Å². The number of likely N-dealkylation sites (tertiary alicyclic amines) is 1. The van der Waals surface area contributed by atoms with E-state index in [1.165, 1.54) is 18.4 Å². The van der Waals surface area contributed by atoms with E-state index in [1.807, 2.05) is 17.3 Å². The molecule has 0 spiro atoms. The third kappa shape index (κ3) is 2.47.